The monoisotopic (exact) mass is 506 g/mol. The third kappa shape index (κ3) is 5.68. The zero-order chi connectivity index (χ0) is 24.0. The van der Waals surface area contributed by atoms with Crippen LogP contribution >= 0.6 is 15.9 Å². The van der Waals surface area contributed by atoms with E-state index in [2.05, 4.69) is 32.5 Å². The first-order valence-electron chi connectivity index (χ1n) is 9.68. The van der Waals surface area contributed by atoms with Gasteiger partial charge in [-0.3, -0.25) is 9.59 Å². The van der Waals surface area contributed by atoms with Crippen LogP contribution in [0.15, 0.2) is 65.1 Å². The molecular weight excluding hydrogens is 488 g/mol. The van der Waals surface area contributed by atoms with Crippen molar-refractivity contribution in [3.63, 3.8) is 0 Å². The molecule has 0 saturated carbocycles. The van der Waals surface area contributed by atoms with E-state index in [-0.39, 0.29) is 16.7 Å². The summed E-state index contributed by atoms with van der Waals surface area (Å²) < 4.78 is 15.8. The summed E-state index contributed by atoms with van der Waals surface area (Å²) in [6.45, 7) is 0. The second kappa shape index (κ2) is 10.6. The van der Waals surface area contributed by atoms with Gasteiger partial charge in [0.15, 0.2) is 11.5 Å². The van der Waals surface area contributed by atoms with E-state index < -0.39 is 17.5 Å². The maximum atomic E-state index is 12.8. The Morgan fingerprint density at radius 2 is 1.27 bits per heavy atom. The number of carbonyl (C=O) groups excluding carboxylic acids is 3. The lowest BCUT2D eigenvalue weighted by Crippen LogP contribution is -2.15. The van der Waals surface area contributed by atoms with Crippen molar-refractivity contribution in [2.45, 2.75) is 0 Å². The van der Waals surface area contributed by atoms with Crippen molar-refractivity contribution in [3.8, 4) is 23.3 Å². The molecule has 0 radical (unpaired) electrons. The Morgan fingerprint density at radius 3 is 1.91 bits per heavy atom. The Kier molecular flexibility index (Phi) is 7.65. The van der Waals surface area contributed by atoms with Gasteiger partial charge in [-0.05, 0) is 48.5 Å². The second-order valence-electron chi connectivity index (χ2n) is 6.78. The van der Waals surface area contributed by atoms with E-state index in [4.69, 9.17) is 9.47 Å². The van der Waals surface area contributed by atoms with Gasteiger partial charge in [-0.15, -0.1) is 0 Å². The number of carbonyl (C=O) groups is 3. The number of benzene rings is 3. The Bertz CT molecular complexity index is 1280. The van der Waals surface area contributed by atoms with Crippen LogP contribution in [0.5, 0.6) is 11.5 Å². The highest BCUT2D eigenvalue weighted by molar-refractivity contribution is 9.10. The Balaban J connectivity index is 1.86. The fourth-order valence-electron chi connectivity index (χ4n) is 2.99. The van der Waals surface area contributed by atoms with E-state index >= 15 is 0 Å². The van der Waals surface area contributed by atoms with Gasteiger partial charge in [0.2, 0.25) is 11.6 Å². The highest BCUT2D eigenvalue weighted by atomic mass is 79.9. The van der Waals surface area contributed by atoms with Crippen LogP contribution in [0.2, 0.25) is 0 Å². The number of halogens is 1. The standard InChI is InChI=1S/C26H19BrO6/c1-31-22-11-6-16(14-23(22)32-2)4-5-17-12-20(15-21(27)13-17)25(29)24(28)18-7-9-19(10-8-18)26(30)33-3/h6-15H,1-3H3. The van der Waals surface area contributed by atoms with Crippen molar-refractivity contribution in [3.05, 3.63) is 93.0 Å². The van der Waals surface area contributed by atoms with Crippen molar-refractivity contribution in [1.29, 1.82) is 0 Å². The first kappa shape index (κ1) is 23.8. The molecule has 3 rings (SSSR count). The third-order valence-corrected chi connectivity index (χ3v) is 5.13. The van der Waals surface area contributed by atoms with Crippen molar-refractivity contribution in [1.82, 2.24) is 0 Å². The zero-order valence-corrected chi connectivity index (χ0v) is 19.7. The first-order chi connectivity index (χ1) is 15.9. The predicted octanol–water partition coefficient (Wildman–Crippen LogP) is 4.72. The van der Waals surface area contributed by atoms with E-state index in [1.807, 2.05) is 0 Å². The van der Waals surface area contributed by atoms with Crippen LogP contribution in [0.1, 0.15) is 42.2 Å². The van der Waals surface area contributed by atoms with Gasteiger partial charge in [0, 0.05) is 26.7 Å². The minimum Gasteiger partial charge on any atom is -0.493 e. The first-order valence-corrected chi connectivity index (χ1v) is 10.5. The van der Waals surface area contributed by atoms with Gasteiger partial charge in [0.1, 0.15) is 0 Å². The molecule has 166 valence electrons. The smallest absolute Gasteiger partial charge is 0.337 e. The summed E-state index contributed by atoms with van der Waals surface area (Å²) in [7, 11) is 4.36. The topological polar surface area (TPSA) is 78.9 Å². The molecule has 0 aliphatic carbocycles. The van der Waals surface area contributed by atoms with Gasteiger partial charge in [-0.1, -0.05) is 39.9 Å². The number of methoxy groups -OCH3 is 3. The molecule has 0 N–H and O–H groups in total. The molecule has 0 amide bonds. The number of rotatable bonds is 6. The molecule has 6 nitrogen and oxygen atoms in total. The summed E-state index contributed by atoms with van der Waals surface area (Å²) in [5, 5.41) is 0. The van der Waals surface area contributed by atoms with Crippen LogP contribution in [0.25, 0.3) is 0 Å². The summed E-state index contributed by atoms with van der Waals surface area (Å²) in [4.78, 5) is 37.0. The van der Waals surface area contributed by atoms with Crippen LogP contribution in [0.3, 0.4) is 0 Å². The molecule has 0 spiro atoms. The molecule has 0 atom stereocenters. The van der Waals surface area contributed by atoms with Crippen molar-refractivity contribution >= 4 is 33.5 Å². The molecule has 0 heterocycles. The largest absolute Gasteiger partial charge is 0.493 e. The van der Waals surface area contributed by atoms with Crippen molar-refractivity contribution in [2.75, 3.05) is 21.3 Å². The summed E-state index contributed by atoms with van der Waals surface area (Å²) in [6.07, 6.45) is 0. The van der Waals surface area contributed by atoms with E-state index in [0.717, 1.165) is 0 Å². The molecule has 0 saturated heterocycles. The Labute approximate surface area is 199 Å². The molecule has 0 unspecified atom stereocenters. The molecular formula is C26H19BrO6. The van der Waals surface area contributed by atoms with Crippen molar-refractivity contribution in [2.24, 2.45) is 0 Å². The second-order valence-corrected chi connectivity index (χ2v) is 7.69. The van der Waals surface area contributed by atoms with Crippen LogP contribution in [-0.2, 0) is 4.74 Å². The number of ketones is 2. The van der Waals surface area contributed by atoms with Gasteiger partial charge in [-0.25, -0.2) is 4.79 Å². The van der Waals surface area contributed by atoms with Gasteiger partial charge in [0.05, 0.1) is 26.9 Å². The van der Waals surface area contributed by atoms with E-state index in [0.29, 0.717) is 27.1 Å². The molecule has 3 aromatic rings. The number of Topliss-reactive ketones (excluding diaryl/α,β-unsaturated/α-hetero) is 2. The highest BCUT2D eigenvalue weighted by Gasteiger charge is 2.20. The fourth-order valence-corrected chi connectivity index (χ4v) is 3.48. The van der Waals surface area contributed by atoms with Crippen LogP contribution in [0.4, 0.5) is 0 Å². The Morgan fingerprint density at radius 1 is 0.667 bits per heavy atom. The fraction of sp³-hybridized carbons (Fsp3) is 0.115. The third-order valence-electron chi connectivity index (χ3n) is 4.67. The summed E-state index contributed by atoms with van der Waals surface area (Å²) >= 11 is 3.37. The van der Waals surface area contributed by atoms with Crippen LogP contribution < -0.4 is 9.47 Å². The van der Waals surface area contributed by atoms with E-state index in [1.54, 1.807) is 50.6 Å². The van der Waals surface area contributed by atoms with Crippen molar-refractivity contribution < 1.29 is 28.6 Å². The quantitative estimate of drug-likeness (QED) is 0.208. The minimum atomic E-state index is -0.691. The van der Waals surface area contributed by atoms with E-state index in [9.17, 15) is 14.4 Å². The minimum absolute atomic E-state index is 0.172. The molecule has 7 heteroatoms. The van der Waals surface area contributed by atoms with Crippen LogP contribution in [-0.4, -0.2) is 38.9 Å². The Hall–Kier alpha value is -3.89. The van der Waals surface area contributed by atoms with Gasteiger partial charge in [-0.2, -0.15) is 0 Å². The predicted molar refractivity (Wildman–Crippen MR) is 126 cm³/mol. The number of esters is 1. The maximum absolute atomic E-state index is 12.8. The highest BCUT2D eigenvalue weighted by Crippen LogP contribution is 2.27. The van der Waals surface area contributed by atoms with Gasteiger partial charge in [0.25, 0.3) is 0 Å². The summed E-state index contributed by atoms with van der Waals surface area (Å²) in [5.74, 6) is 5.27. The molecule has 0 bridgehead atoms. The maximum Gasteiger partial charge on any atom is 0.337 e. The lowest BCUT2D eigenvalue weighted by atomic mass is 9.99. The van der Waals surface area contributed by atoms with Gasteiger partial charge < -0.3 is 14.2 Å². The molecule has 0 fully saturated rings. The zero-order valence-electron chi connectivity index (χ0n) is 18.1. The van der Waals surface area contributed by atoms with E-state index in [1.165, 1.54) is 31.4 Å². The average molecular weight is 507 g/mol. The normalized spacial score (nSPS) is 9.94. The SMILES string of the molecule is COC(=O)c1ccc(C(=O)C(=O)c2cc(Br)cc(C#Cc3ccc(OC)c(OC)c3)c2)cc1. The average Bonchev–Trinajstić information content (AvgIpc) is 2.85. The lowest BCUT2D eigenvalue weighted by Gasteiger charge is -2.06. The molecule has 0 aliphatic rings. The number of ether oxygens (including phenoxy) is 3. The molecule has 0 aromatic heterocycles. The molecule has 3 aromatic carbocycles. The van der Waals surface area contributed by atoms with Gasteiger partial charge >= 0.3 is 5.97 Å². The molecule has 0 aliphatic heterocycles. The number of hydrogen-bond acceptors (Lipinski definition) is 6. The molecule has 33 heavy (non-hydrogen) atoms. The summed E-state index contributed by atoms with van der Waals surface area (Å²) in [5.41, 5.74) is 1.91. The number of hydrogen-bond donors (Lipinski definition) is 0. The van der Waals surface area contributed by atoms with Crippen LogP contribution in [0, 0.1) is 11.8 Å². The lowest BCUT2D eigenvalue weighted by molar-refractivity contribution is 0.0600. The summed E-state index contributed by atoms with van der Waals surface area (Å²) in [6, 6.07) is 15.9.